The van der Waals surface area contributed by atoms with Gasteiger partial charge in [-0.3, -0.25) is 4.79 Å². The molecule has 2 heterocycles. The van der Waals surface area contributed by atoms with Gasteiger partial charge in [0, 0.05) is 13.1 Å². The van der Waals surface area contributed by atoms with Gasteiger partial charge in [0.25, 0.3) is 5.22 Å². The van der Waals surface area contributed by atoms with E-state index in [9.17, 15) is 4.79 Å². The smallest absolute Gasteiger partial charge is 0.277 e. The standard InChI is InChI=1S/C19H25N3O3S/c1-13-8-14(2)11-22(10-13)18(23)12-26-19-21-20-17(25-19)9-15-4-6-16(24-3)7-5-15/h4-7,13-14H,8-12H2,1-3H3. The van der Waals surface area contributed by atoms with Crippen molar-refractivity contribution >= 4 is 17.7 Å². The molecular formula is C19H25N3O3S. The highest BCUT2D eigenvalue weighted by Gasteiger charge is 2.25. The van der Waals surface area contributed by atoms with Crippen molar-refractivity contribution in [1.29, 1.82) is 0 Å². The maximum absolute atomic E-state index is 12.4. The Balaban J connectivity index is 1.50. The zero-order chi connectivity index (χ0) is 18.5. The third-order valence-electron chi connectivity index (χ3n) is 4.50. The van der Waals surface area contributed by atoms with E-state index < -0.39 is 0 Å². The van der Waals surface area contributed by atoms with Gasteiger partial charge in [0.05, 0.1) is 19.3 Å². The molecule has 1 aliphatic heterocycles. The van der Waals surface area contributed by atoms with Gasteiger partial charge < -0.3 is 14.1 Å². The third kappa shape index (κ3) is 5.00. The van der Waals surface area contributed by atoms with E-state index in [1.807, 2.05) is 29.2 Å². The molecule has 26 heavy (non-hydrogen) atoms. The first kappa shape index (κ1) is 18.8. The molecule has 7 heteroatoms. The molecule has 1 aromatic heterocycles. The number of hydrogen-bond donors (Lipinski definition) is 0. The monoisotopic (exact) mass is 375 g/mol. The second-order valence-corrected chi connectivity index (χ2v) is 7.95. The van der Waals surface area contributed by atoms with Gasteiger partial charge in [0.2, 0.25) is 11.8 Å². The van der Waals surface area contributed by atoms with E-state index in [-0.39, 0.29) is 5.91 Å². The van der Waals surface area contributed by atoms with E-state index in [2.05, 4.69) is 24.0 Å². The Morgan fingerprint density at radius 2 is 1.92 bits per heavy atom. The molecule has 0 saturated carbocycles. The summed E-state index contributed by atoms with van der Waals surface area (Å²) >= 11 is 1.31. The minimum Gasteiger partial charge on any atom is -0.497 e. The van der Waals surface area contributed by atoms with Gasteiger partial charge in [-0.2, -0.15) is 0 Å². The first-order chi connectivity index (χ1) is 12.5. The lowest BCUT2D eigenvalue weighted by Crippen LogP contribution is -2.43. The van der Waals surface area contributed by atoms with Crippen LogP contribution >= 0.6 is 11.8 Å². The maximum atomic E-state index is 12.4. The molecule has 1 fully saturated rings. The number of piperidine rings is 1. The topological polar surface area (TPSA) is 68.5 Å². The minimum absolute atomic E-state index is 0.142. The van der Waals surface area contributed by atoms with Crippen molar-refractivity contribution < 1.29 is 13.9 Å². The van der Waals surface area contributed by atoms with Crippen molar-refractivity contribution in [2.24, 2.45) is 11.8 Å². The number of aromatic nitrogens is 2. The molecule has 6 nitrogen and oxygen atoms in total. The van der Waals surface area contributed by atoms with E-state index >= 15 is 0 Å². The highest BCUT2D eigenvalue weighted by atomic mass is 32.2. The number of carbonyl (C=O) groups is 1. The van der Waals surface area contributed by atoms with Gasteiger partial charge in [0.15, 0.2) is 0 Å². The Hall–Kier alpha value is -2.02. The van der Waals surface area contributed by atoms with Crippen molar-refractivity contribution in [3.63, 3.8) is 0 Å². The summed E-state index contributed by atoms with van der Waals surface area (Å²) in [5.74, 6) is 2.97. The number of ether oxygens (including phenoxy) is 1. The van der Waals surface area contributed by atoms with Crippen LogP contribution in [0.3, 0.4) is 0 Å². The fourth-order valence-electron chi connectivity index (χ4n) is 3.37. The van der Waals surface area contributed by atoms with Gasteiger partial charge in [0.1, 0.15) is 5.75 Å². The number of nitrogens with zero attached hydrogens (tertiary/aromatic N) is 3. The summed E-state index contributed by atoms with van der Waals surface area (Å²) in [5, 5.41) is 8.56. The lowest BCUT2D eigenvalue weighted by atomic mass is 9.92. The van der Waals surface area contributed by atoms with Crippen LogP contribution in [0.25, 0.3) is 0 Å². The summed E-state index contributed by atoms with van der Waals surface area (Å²) in [6.45, 7) is 6.09. The normalized spacial score (nSPS) is 20.2. The minimum atomic E-state index is 0.142. The van der Waals surface area contributed by atoms with Crippen molar-refractivity contribution in [2.75, 3.05) is 26.0 Å². The molecule has 1 saturated heterocycles. The molecule has 0 radical (unpaired) electrons. The zero-order valence-electron chi connectivity index (χ0n) is 15.5. The zero-order valence-corrected chi connectivity index (χ0v) is 16.3. The summed E-state index contributed by atoms with van der Waals surface area (Å²) in [5.41, 5.74) is 1.07. The van der Waals surface area contributed by atoms with Crippen LogP contribution in [0.1, 0.15) is 31.7 Å². The van der Waals surface area contributed by atoms with Crippen LogP contribution in [0.5, 0.6) is 5.75 Å². The number of methoxy groups -OCH3 is 1. The summed E-state index contributed by atoms with van der Waals surface area (Å²) < 4.78 is 10.8. The maximum Gasteiger partial charge on any atom is 0.277 e. The second kappa shape index (κ2) is 8.58. The average molecular weight is 375 g/mol. The van der Waals surface area contributed by atoms with Gasteiger partial charge in [-0.25, -0.2) is 0 Å². The van der Waals surface area contributed by atoms with Crippen molar-refractivity contribution in [3.05, 3.63) is 35.7 Å². The predicted octanol–water partition coefficient (Wildman–Crippen LogP) is 3.27. The predicted molar refractivity (Wildman–Crippen MR) is 100 cm³/mol. The lowest BCUT2D eigenvalue weighted by Gasteiger charge is -2.34. The third-order valence-corrected chi connectivity index (χ3v) is 5.31. The largest absolute Gasteiger partial charge is 0.497 e. The molecule has 2 unspecified atom stereocenters. The number of amides is 1. The van der Waals surface area contributed by atoms with E-state index in [0.29, 0.717) is 35.1 Å². The van der Waals surface area contributed by atoms with Crippen molar-refractivity contribution in [1.82, 2.24) is 15.1 Å². The number of rotatable bonds is 6. The summed E-state index contributed by atoms with van der Waals surface area (Å²) in [7, 11) is 1.64. The number of hydrogen-bond acceptors (Lipinski definition) is 6. The molecule has 2 aromatic rings. The van der Waals surface area contributed by atoms with Crippen LogP contribution in [0.4, 0.5) is 0 Å². The molecule has 0 N–H and O–H groups in total. The average Bonchev–Trinajstić information content (AvgIpc) is 3.07. The van der Waals surface area contributed by atoms with Crippen molar-refractivity contribution in [2.45, 2.75) is 31.9 Å². The summed E-state index contributed by atoms with van der Waals surface area (Å²) in [4.78, 5) is 14.4. The summed E-state index contributed by atoms with van der Waals surface area (Å²) in [6, 6.07) is 7.75. The van der Waals surface area contributed by atoms with Crippen molar-refractivity contribution in [3.8, 4) is 5.75 Å². The quantitative estimate of drug-likeness (QED) is 0.722. The Morgan fingerprint density at radius 1 is 1.23 bits per heavy atom. The van der Waals surface area contributed by atoms with E-state index in [1.54, 1.807) is 7.11 Å². The number of likely N-dealkylation sites (tertiary alicyclic amines) is 1. The van der Waals surface area contributed by atoms with Crippen LogP contribution < -0.4 is 4.74 Å². The molecule has 0 aliphatic carbocycles. The Kier molecular flexibility index (Phi) is 6.19. The number of carbonyl (C=O) groups excluding carboxylic acids is 1. The van der Waals surface area contributed by atoms with Crippen LogP contribution in [-0.2, 0) is 11.2 Å². The fraction of sp³-hybridized carbons (Fsp3) is 0.526. The first-order valence-corrected chi connectivity index (χ1v) is 9.88. The molecule has 3 rings (SSSR count). The van der Waals surface area contributed by atoms with Crippen LogP contribution in [0.2, 0.25) is 0 Å². The number of benzene rings is 1. The van der Waals surface area contributed by atoms with E-state index in [4.69, 9.17) is 9.15 Å². The van der Waals surface area contributed by atoms with Crippen LogP contribution in [0, 0.1) is 11.8 Å². The molecule has 1 amide bonds. The highest BCUT2D eigenvalue weighted by molar-refractivity contribution is 7.99. The molecule has 140 valence electrons. The van der Waals surface area contributed by atoms with Crippen LogP contribution in [-0.4, -0.2) is 47.0 Å². The molecule has 2 atom stereocenters. The van der Waals surface area contributed by atoms with Crippen LogP contribution in [0.15, 0.2) is 33.9 Å². The molecule has 1 aliphatic rings. The Labute approximate surface area is 158 Å². The first-order valence-electron chi connectivity index (χ1n) is 8.89. The lowest BCUT2D eigenvalue weighted by molar-refractivity contribution is -0.130. The fourth-order valence-corrected chi connectivity index (χ4v) is 4.05. The van der Waals surface area contributed by atoms with Gasteiger partial charge in [-0.1, -0.05) is 37.7 Å². The van der Waals surface area contributed by atoms with Gasteiger partial charge in [-0.15, -0.1) is 10.2 Å². The second-order valence-electron chi connectivity index (χ2n) is 7.02. The SMILES string of the molecule is COc1ccc(Cc2nnc(SCC(=O)N3CC(C)CC(C)C3)o2)cc1. The Morgan fingerprint density at radius 3 is 2.58 bits per heavy atom. The van der Waals surface area contributed by atoms with Gasteiger partial charge in [-0.05, 0) is 36.0 Å². The van der Waals surface area contributed by atoms with E-state index in [1.165, 1.54) is 18.2 Å². The molecule has 0 spiro atoms. The number of thioether (sulfide) groups is 1. The molecular weight excluding hydrogens is 350 g/mol. The van der Waals surface area contributed by atoms with E-state index in [0.717, 1.165) is 24.4 Å². The summed E-state index contributed by atoms with van der Waals surface area (Å²) in [6.07, 6.45) is 1.75. The molecule has 0 bridgehead atoms. The Bertz CT molecular complexity index is 722. The van der Waals surface area contributed by atoms with Gasteiger partial charge >= 0.3 is 0 Å². The highest BCUT2D eigenvalue weighted by Crippen LogP contribution is 2.23. The molecule has 1 aromatic carbocycles.